The number of rotatable bonds is 1. The second kappa shape index (κ2) is 3.63. The van der Waals surface area contributed by atoms with Crippen molar-refractivity contribution in [2.45, 2.75) is 26.3 Å². The number of fused-ring (bicyclic) bond motifs is 1. The Balaban J connectivity index is 2.13. The molecule has 0 saturated carbocycles. The zero-order valence-corrected chi connectivity index (χ0v) is 10.6. The van der Waals surface area contributed by atoms with Crippen LogP contribution in [-0.2, 0) is 5.54 Å². The molecule has 0 N–H and O–H groups in total. The minimum Gasteiger partial charge on any atom is -0.191 e. The van der Waals surface area contributed by atoms with Gasteiger partial charge in [-0.1, -0.05) is 17.3 Å². The van der Waals surface area contributed by atoms with Crippen LogP contribution in [0.4, 0.5) is 0 Å². The first-order valence-corrected chi connectivity index (χ1v) is 5.79. The highest BCUT2D eigenvalue weighted by Gasteiger charge is 2.17. The van der Waals surface area contributed by atoms with Crippen molar-refractivity contribution in [3.05, 3.63) is 30.5 Å². The standard InChI is InChI=1S/C12H14N6/c1-12(2,3)18-13-8-11(15-18)17-10-7-5-4-6-9(10)14-16-17/h4-8H,1-3H3. The van der Waals surface area contributed by atoms with E-state index in [0.717, 1.165) is 11.0 Å². The van der Waals surface area contributed by atoms with Crippen LogP contribution in [0.1, 0.15) is 20.8 Å². The first-order chi connectivity index (χ1) is 8.55. The average Bonchev–Trinajstić information content (AvgIpc) is 2.94. The van der Waals surface area contributed by atoms with Gasteiger partial charge in [0.2, 0.25) is 0 Å². The fourth-order valence-electron chi connectivity index (χ4n) is 1.71. The summed E-state index contributed by atoms with van der Waals surface area (Å²) in [5.41, 5.74) is 1.63. The molecule has 0 aliphatic carbocycles. The van der Waals surface area contributed by atoms with Crippen molar-refractivity contribution in [3.63, 3.8) is 0 Å². The van der Waals surface area contributed by atoms with Gasteiger partial charge in [-0.05, 0) is 32.9 Å². The Morgan fingerprint density at radius 3 is 2.61 bits per heavy atom. The number of benzene rings is 1. The van der Waals surface area contributed by atoms with Crippen LogP contribution in [0.15, 0.2) is 30.5 Å². The number of hydrogen-bond donors (Lipinski definition) is 0. The SMILES string of the molecule is CC(C)(C)n1ncc(-n2nnc3ccccc32)n1. The van der Waals surface area contributed by atoms with Gasteiger partial charge >= 0.3 is 0 Å². The minimum atomic E-state index is -0.144. The van der Waals surface area contributed by atoms with E-state index in [1.807, 2.05) is 24.3 Å². The summed E-state index contributed by atoms with van der Waals surface area (Å²) in [6, 6.07) is 7.78. The summed E-state index contributed by atoms with van der Waals surface area (Å²) in [6.45, 7) is 6.16. The summed E-state index contributed by atoms with van der Waals surface area (Å²) in [4.78, 5) is 1.68. The third-order valence-electron chi connectivity index (χ3n) is 2.65. The highest BCUT2D eigenvalue weighted by molar-refractivity contribution is 5.75. The summed E-state index contributed by atoms with van der Waals surface area (Å²) in [6.07, 6.45) is 1.70. The molecule has 0 aliphatic rings. The van der Waals surface area contributed by atoms with E-state index in [9.17, 15) is 0 Å². The maximum absolute atomic E-state index is 4.44. The zero-order valence-electron chi connectivity index (χ0n) is 10.6. The van der Waals surface area contributed by atoms with Crippen molar-refractivity contribution in [2.24, 2.45) is 0 Å². The summed E-state index contributed by atoms with van der Waals surface area (Å²) in [5.74, 6) is 0.679. The summed E-state index contributed by atoms with van der Waals surface area (Å²) in [5, 5.41) is 16.9. The van der Waals surface area contributed by atoms with Gasteiger partial charge in [-0.3, -0.25) is 0 Å². The van der Waals surface area contributed by atoms with Crippen LogP contribution in [0, 0.1) is 0 Å². The molecule has 0 bridgehead atoms. The van der Waals surface area contributed by atoms with Crippen molar-refractivity contribution in [2.75, 3.05) is 0 Å². The van der Waals surface area contributed by atoms with E-state index in [-0.39, 0.29) is 5.54 Å². The first kappa shape index (κ1) is 10.9. The van der Waals surface area contributed by atoms with E-state index in [1.165, 1.54) is 0 Å². The van der Waals surface area contributed by atoms with Gasteiger partial charge in [0, 0.05) is 0 Å². The number of para-hydroxylation sites is 1. The lowest BCUT2D eigenvalue weighted by Gasteiger charge is -2.16. The molecule has 0 fully saturated rings. The molecule has 2 heterocycles. The molecule has 0 amide bonds. The largest absolute Gasteiger partial charge is 0.197 e. The molecule has 18 heavy (non-hydrogen) atoms. The molecule has 0 unspecified atom stereocenters. The molecule has 2 aromatic heterocycles. The van der Waals surface area contributed by atoms with Gasteiger partial charge in [-0.2, -0.15) is 14.6 Å². The van der Waals surface area contributed by atoms with Crippen LogP contribution in [-0.4, -0.2) is 30.0 Å². The van der Waals surface area contributed by atoms with E-state index in [1.54, 1.807) is 15.7 Å². The molecule has 0 radical (unpaired) electrons. The summed E-state index contributed by atoms with van der Waals surface area (Å²) < 4.78 is 1.70. The fraction of sp³-hybridized carbons (Fsp3) is 0.333. The van der Waals surface area contributed by atoms with Crippen molar-refractivity contribution in [3.8, 4) is 5.82 Å². The summed E-state index contributed by atoms with van der Waals surface area (Å²) in [7, 11) is 0. The molecule has 0 aliphatic heterocycles. The predicted molar refractivity (Wildman–Crippen MR) is 67.4 cm³/mol. The van der Waals surface area contributed by atoms with E-state index >= 15 is 0 Å². The van der Waals surface area contributed by atoms with E-state index < -0.39 is 0 Å². The molecule has 3 aromatic rings. The molecular weight excluding hydrogens is 228 g/mol. The van der Waals surface area contributed by atoms with Crippen LogP contribution in [0.25, 0.3) is 16.9 Å². The van der Waals surface area contributed by atoms with Crippen LogP contribution >= 0.6 is 0 Å². The van der Waals surface area contributed by atoms with E-state index in [4.69, 9.17) is 0 Å². The predicted octanol–water partition coefficient (Wildman–Crippen LogP) is 1.77. The van der Waals surface area contributed by atoms with Gasteiger partial charge in [-0.15, -0.1) is 10.2 Å². The fourth-order valence-corrected chi connectivity index (χ4v) is 1.71. The lowest BCUT2D eigenvalue weighted by molar-refractivity contribution is 0.311. The quantitative estimate of drug-likeness (QED) is 0.652. The molecule has 6 heteroatoms. The molecule has 3 rings (SSSR count). The number of aromatic nitrogens is 6. The van der Waals surface area contributed by atoms with Crippen LogP contribution in [0.3, 0.4) is 0 Å². The maximum atomic E-state index is 4.44. The van der Waals surface area contributed by atoms with E-state index in [2.05, 4.69) is 41.3 Å². The lowest BCUT2D eigenvalue weighted by Crippen LogP contribution is -2.24. The average molecular weight is 242 g/mol. The molecule has 0 saturated heterocycles. The zero-order chi connectivity index (χ0) is 12.8. The van der Waals surface area contributed by atoms with Gasteiger partial charge in [-0.25, -0.2) is 0 Å². The Morgan fingerprint density at radius 2 is 1.89 bits per heavy atom. The third-order valence-corrected chi connectivity index (χ3v) is 2.65. The Kier molecular flexibility index (Phi) is 2.19. The second-order valence-electron chi connectivity index (χ2n) is 5.15. The molecule has 0 spiro atoms. The Labute approximate surface area is 104 Å². The van der Waals surface area contributed by atoms with Crippen molar-refractivity contribution in [1.82, 2.24) is 30.0 Å². The third kappa shape index (κ3) is 1.66. The van der Waals surface area contributed by atoms with Gasteiger partial charge in [0.25, 0.3) is 0 Å². The lowest BCUT2D eigenvalue weighted by atomic mass is 10.1. The van der Waals surface area contributed by atoms with Gasteiger partial charge in [0.15, 0.2) is 5.82 Å². The van der Waals surface area contributed by atoms with Crippen molar-refractivity contribution >= 4 is 11.0 Å². The topological polar surface area (TPSA) is 61.4 Å². The molecule has 0 atom stereocenters. The number of nitrogens with zero attached hydrogens (tertiary/aromatic N) is 6. The van der Waals surface area contributed by atoms with Gasteiger partial charge < -0.3 is 0 Å². The van der Waals surface area contributed by atoms with Gasteiger partial charge in [0.05, 0.1) is 17.3 Å². The van der Waals surface area contributed by atoms with Crippen LogP contribution in [0.5, 0.6) is 0 Å². The molecule has 92 valence electrons. The van der Waals surface area contributed by atoms with Crippen LogP contribution < -0.4 is 0 Å². The number of hydrogen-bond acceptors (Lipinski definition) is 4. The molecule has 6 nitrogen and oxygen atoms in total. The Bertz CT molecular complexity index is 688. The highest BCUT2D eigenvalue weighted by Crippen LogP contribution is 2.16. The Hall–Kier alpha value is -2.24. The normalized spacial score (nSPS) is 12.2. The Morgan fingerprint density at radius 1 is 1.11 bits per heavy atom. The smallest absolute Gasteiger partial charge is 0.191 e. The summed E-state index contributed by atoms with van der Waals surface area (Å²) >= 11 is 0. The van der Waals surface area contributed by atoms with Crippen molar-refractivity contribution in [1.29, 1.82) is 0 Å². The van der Waals surface area contributed by atoms with E-state index in [0.29, 0.717) is 5.82 Å². The second-order valence-corrected chi connectivity index (χ2v) is 5.15. The minimum absolute atomic E-state index is 0.144. The monoisotopic (exact) mass is 242 g/mol. The first-order valence-electron chi connectivity index (χ1n) is 5.79. The highest BCUT2D eigenvalue weighted by atomic mass is 15.6. The molecule has 1 aromatic carbocycles. The maximum Gasteiger partial charge on any atom is 0.197 e. The molecular formula is C12H14N6. The van der Waals surface area contributed by atoms with Crippen LogP contribution in [0.2, 0.25) is 0 Å². The van der Waals surface area contributed by atoms with Crippen molar-refractivity contribution < 1.29 is 0 Å². The van der Waals surface area contributed by atoms with Gasteiger partial charge in [0.1, 0.15) is 5.52 Å².